The van der Waals surface area contributed by atoms with Crippen LogP contribution in [-0.4, -0.2) is 29.3 Å². The fourth-order valence-electron chi connectivity index (χ4n) is 1.44. The van der Waals surface area contributed by atoms with Crippen molar-refractivity contribution in [2.45, 2.75) is 11.4 Å². The molecular formula is C11H10BrN3O4S. The highest BCUT2D eigenvalue weighted by atomic mass is 79.9. The number of sulfonamides is 1. The van der Waals surface area contributed by atoms with Gasteiger partial charge in [-0.2, -0.15) is 5.10 Å². The second kappa shape index (κ2) is 5.63. The lowest BCUT2D eigenvalue weighted by molar-refractivity contribution is -0.137. The van der Waals surface area contributed by atoms with E-state index < -0.39 is 22.5 Å². The number of benzene rings is 1. The lowest BCUT2D eigenvalue weighted by Gasteiger charge is -2.05. The van der Waals surface area contributed by atoms with E-state index in [1.165, 1.54) is 0 Å². The minimum absolute atomic E-state index is 0.0957. The van der Waals surface area contributed by atoms with Crippen LogP contribution in [0.2, 0.25) is 0 Å². The van der Waals surface area contributed by atoms with Crippen LogP contribution in [0.15, 0.2) is 46.0 Å². The summed E-state index contributed by atoms with van der Waals surface area (Å²) in [5.74, 6) is -1.10. The Labute approximate surface area is 123 Å². The van der Waals surface area contributed by atoms with Gasteiger partial charge in [0, 0.05) is 16.4 Å². The average molecular weight is 360 g/mol. The van der Waals surface area contributed by atoms with Gasteiger partial charge in [0.25, 0.3) is 10.0 Å². The smallest absolute Gasteiger partial charge is 0.325 e. The van der Waals surface area contributed by atoms with E-state index in [1.807, 2.05) is 0 Å². The van der Waals surface area contributed by atoms with E-state index in [1.54, 1.807) is 24.3 Å². The van der Waals surface area contributed by atoms with Crippen LogP contribution in [0.4, 0.5) is 5.69 Å². The van der Waals surface area contributed by atoms with Crippen LogP contribution >= 0.6 is 15.9 Å². The summed E-state index contributed by atoms with van der Waals surface area (Å²) in [6.07, 6.45) is 2.26. The maximum atomic E-state index is 12.1. The third-order valence-electron chi connectivity index (χ3n) is 2.31. The van der Waals surface area contributed by atoms with Crippen LogP contribution in [0.25, 0.3) is 0 Å². The van der Waals surface area contributed by atoms with Crippen LogP contribution in [-0.2, 0) is 21.4 Å². The van der Waals surface area contributed by atoms with E-state index in [0.29, 0.717) is 5.69 Å². The van der Waals surface area contributed by atoms with Crippen molar-refractivity contribution in [3.63, 3.8) is 0 Å². The van der Waals surface area contributed by atoms with Crippen molar-refractivity contribution < 1.29 is 18.3 Å². The Kier molecular flexibility index (Phi) is 4.09. The van der Waals surface area contributed by atoms with Crippen LogP contribution in [0.5, 0.6) is 0 Å². The summed E-state index contributed by atoms with van der Waals surface area (Å²) in [5.41, 5.74) is 0.402. The molecule has 7 nitrogen and oxygen atoms in total. The number of hydrogen-bond donors (Lipinski definition) is 2. The molecular weight excluding hydrogens is 350 g/mol. The van der Waals surface area contributed by atoms with Gasteiger partial charge in [-0.25, -0.2) is 8.42 Å². The summed E-state index contributed by atoms with van der Waals surface area (Å²) in [6.45, 7) is -0.395. The van der Waals surface area contributed by atoms with E-state index in [-0.39, 0.29) is 4.90 Å². The second-order valence-corrected chi connectivity index (χ2v) is 6.48. The molecule has 0 aliphatic carbocycles. The van der Waals surface area contributed by atoms with Gasteiger partial charge in [-0.3, -0.25) is 14.2 Å². The summed E-state index contributed by atoms with van der Waals surface area (Å²) in [7, 11) is -3.78. The minimum atomic E-state index is -3.78. The number of carbonyl (C=O) groups is 1. The zero-order chi connectivity index (χ0) is 14.8. The molecule has 0 unspecified atom stereocenters. The molecule has 106 valence electrons. The standard InChI is InChI=1S/C11H10BrN3O4S/c12-8-1-3-9(4-2-8)14-20(18,19)10-5-13-15(6-10)7-11(16)17/h1-6,14H,7H2,(H,16,17). The number of nitrogens with zero attached hydrogens (tertiary/aromatic N) is 2. The van der Waals surface area contributed by atoms with Gasteiger partial charge in [-0.05, 0) is 24.3 Å². The first-order chi connectivity index (χ1) is 9.37. The molecule has 1 aromatic heterocycles. The third-order valence-corrected chi connectivity index (χ3v) is 4.18. The molecule has 0 aliphatic rings. The molecule has 9 heteroatoms. The lowest BCUT2D eigenvalue weighted by atomic mass is 10.3. The Bertz CT molecular complexity index is 724. The molecule has 0 saturated heterocycles. The molecule has 0 amide bonds. The monoisotopic (exact) mass is 359 g/mol. The Hall–Kier alpha value is -1.87. The molecule has 20 heavy (non-hydrogen) atoms. The molecule has 0 radical (unpaired) electrons. The predicted octanol–water partition coefficient (Wildman–Crippen LogP) is 1.53. The predicted molar refractivity (Wildman–Crippen MR) is 74.8 cm³/mol. The zero-order valence-electron chi connectivity index (χ0n) is 10.0. The number of aliphatic carboxylic acids is 1. The SMILES string of the molecule is O=C(O)Cn1cc(S(=O)(=O)Nc2ccc(Br)cc2)cn1. The van der Waals surface area contributed by atoms with E-state index >= 15 is 0 Å². The summed E-state index contributed by atoms with van der Waals surface area (Å²) >= 11 is 3.25. The molecule has 0 fully saturated rings. The lowest BCUT2D eigenvalue weighted by Crippen LogP contribution is -2.12. The third kappa shape index (κ3) is 3.58. The fourth-order valence-corrected chi connectivity index (χ4v) is 2.72. The molecule has 0 bridgehead atoms. The van der Waals surface area contributed by atoms with Gasteiger partial charge < -0.3 is 5.11 Å². The number of rotatable bonds is 5. The average Bonchev–Trinajstić information content (AvgIpc) is 2.80. The highest BCUT2D eigenvalue weighted by Gasteiger charge is 2.17. The van der Waals surface area contributed by atoms with Crippen molar-refractivity contribution in [2.24, 2.45) is 0 Å². The van der Waals surface area contributed by atoms with Gasteiger partial charge >= 0.3 is 5.97 Å². The molecule has 0 spiro atoms. The van der Waals surface area contributed by atoms with E-state index in [4.69, 9.17) is 5.11 Å². The van der Waals surface area contributed by atoms with Crippen LogP contribution in [0.3, 0.4) is 0 Å². The molecule has 2 rings (SSSR count). The molecule has 0 atom stereocenters. The van der Waals surface area contributed by atoms with Gasteiger partial charge in [-0.1, -0.05) is 15.9 Å². The number of carboxylic acids is 1. The fraction of sp³-hybridized carbons (Fsp3) is 0.0909. The Morgan fingerprint density at radius 1 is 1.35 bits per heavy atom. The minimum Gasteiger partial charge on any atom is -0.480 e. The Morgan fingerprint density at radius 3 is 2.60 bits per heavy atom. The van der Waals surface area contributed by atoms with Crippen molar-refractivity contribution in [3.05, 3.63) is 41.1 Å². The second-order valence-electron chi connectivity index (χ2n) is 3.88. The number of nitrogens with one attached hydrogen (secondary N) is 1. The van der Waals surface area contributed by atoms with Gasteiger partial charge in [0.2, 0.25) is 0 Å². The summed E-state index contributed by atoms with van der Waals surface area (Å²) < 4.78 is 28.4. The largest absolute Gasteiger partial charge is 0.480 e. The molecule has 1 aromatic carbocycles. The molecule has 2 N–H and O–H groups in total. The van der Waals surface area contributed by atoms with Crippen LogP contribution in [0.1, 0.15) is 0 Å². The first-order valence-electron chi connectivity index (χ1n) is 5.39. The summed E-state index contributed by atoms with van der Waals surface area (Å²) in [5, 5.41) is 12.3. The van der Waals surface area contributed by atoms with Crippen molar-refractivity contribution in [1.29, 1.82) is 0 Å². The molecule has 0 aliphatic heterocycles. The highest BCUT2D eigenvalue weighted by Crippen LogP contribution is 2.18. The number of hydrogen-bond acceptors (Lipinski definition) is 4. The van der Waals surface area contributed by atoms with E-state index in [2.05, 4.69) is 25.8 Å². The Morgan fingerprint density at radius 2 is 2.00 bits per heavy atom. The van der Waals surface area contributed by atoms with Crippen molar-refractivity contribution in [1.82, 2.24) is 9.78 Å². The quantitative estimate of drug-likeness (QED) is 0.842. The molecule has 2 aromatic rings. The van der Waals surface area contributed by atoms with Crippen molar-refractivity contribution in [3.8, 4) is 0 Å². The number of anilines is 1. The highest BCUT2D eigenvalue weighted by molar-refractivity contribution is 9.10. The van der Waals surface area contributed by atoms with Crippen LogP contribution < -0.4 is 4.72 Å². The van der Waals surface area contributed by atoms with Gasteiger partial charge in [0.1, 0.15) is 11.4 Å². The van der Waals surface area contributed by atoms with Gasteiger partial charge in [-0.15, -0.1) is 0 Å². The maximum absolute atomic E-state index is 12.1. The first-order valence-corrected chi connectivity index (χ1v) is 7.67. The first kappa shape index (κ1) is 14.5. The van der Waals surface area contributed by atoms with Crippen molar-refractivity contribution >= 4 is 37.6 Å². The molecule has 0 saturated carbocycles. The van der Waals surface area contributed by atoms with Crippen LogP contribution in [0, 0.1) is 0 Å². The topological polar surface area (TPSA) is 101 Å². The zero-order valence-corrected chi connectivity index (χ0v) is 12.4. The summed E-state index contributed by atoms with van der Waals surface area (Å²) in [4.78, 5) is 10.4. The number of aromatic nitrogens is 2. The van der Waals surface area contributed by atoms with Crippen molar-refractivity contribution in [2.75, 3.05) is 4.72 Å². The maximum Gasteiger partial charge on any atom is 0.325 e. The number of carboxylic acid groups (broad SMARTS) is 1. The summed E-state index contributed by atoms with van der Waals surface area (Å²) in [6, 6.07) is 6.60. The van der Waals surface area contributed by atoms with Gasteiger partial charge in [0.15, 0.2) is 0 Å². The van der Waals surface area contributed by atoms with E-state index in [0.717, 1.165) is 21.5 Å². The van der Waals surface area contributed by atoms with Gasteiger partial charge in [0.05, 0.1) is 6.20 Å². The Balaban J connectivity index is 2.19. The van der Waals surface area contributed by atoms with E-state index in [9.17, 15) is 13.2 Å². The normalized spacial score (nSPS) is 11.2. The molecule has 1 heterocycles. The number of halogens is 1.